The molecule has 0 aliphatic heterocycles. The van der Waals surface area contributed by atoms with E-state index in [4.69, 9.17) is 9.47 Å². The Balaban J connectivity index is 2.09. The number of pyridine rings is 1. The minimum Gasteiger partial charge on any atom is -0.490 e. The van der Waals surface area contributed by atoms with Crippen molar-refractivity contribution in [2.45, 2.75) is 13.3 Å². The van der Waals surface area contributed by atoms with Crippen molar-refractivity contribution in [2.75, 3.05) is 13.2 Å². The van der Waals surface area contributed by atoms with Crippen LogP contribution in [-0.2, 0) is 6.42 Å². The summed E-state index contributed by atoms with van der Waals surface area (Å²) in [5, 5.41) is 0. The second-order valence-electron chi connectivity index (χ2n) is 4.33. The monoisotopic (exact) mass is 349 g/mol. The van der Waals surface area contributed by atoms with Gasteiger partial charge in [0.2, 0.25) is 0 Å². The Labute approximate surface area is 132 Å². The molecule has 0 saturated heterocycles. The quantitative estimate of drug-likeness (QED) is 0.715. The van der Waals surface area contributed by atoms with Gasteiger partial charge in [-0.15, -0.1) is 0 Å². The van der Waals surface area contributed by atoms with E-state index < -0.39 is 0 Å². The van der Waals surface area contributed by atoms with Gasteiger partial charge in [0, 0.05) is 24.4 Å². The molecule has 2 rings (SSSR count). The van der Waals surface area contributed by atoms with Gasteiger partial charge >= 0.3 is 0 Å². The second-order valence-corrected chi connectivity index (χ2v) is 5.19. The van der Waals surface area contributed by atoms with E-state index in [2.05, 4.69) is 20.9 Å². The summed E-state index contributed by atoms with van der Waals surface area (Å²) in [6, 6.07) is 7.31. The highest BCUT2D eigenvalue weighted by molar-refractivity contribution is 9.10. The van der Waals surface area contributed by atoms with Gasteiger partial charge in [-0.1, -0.05) is 0 Å². The third-order valence-corrected chi connectivity index (χ3v) is 3.44. The molecule has 0 atom stereocenters. The molecular formula is C16H16BrNO3. The SMILES string of the molecule is CCOc1cc(C=O)cc(Br)c1OCCc1ccncc1. The highest BCUT2D eigenvalue weighted by atomic mass is 79.9. The number of aromatic nitrogens is 1. The normalized spacial score (nSPS) is 10.2. The third kappa shape index (κ3) is 4.29. The number of carbonyl (C=O) groups is 1. The Morgan fingerprint density at radius 2 is 2.00 bits per heavy atom. The number of rotatable bonds is 7. The number of carbonyl (C=O) groups excluding carboxylic acids is 1. The van der Waals surface area contributed by atoms with Gasteiger partial charge < -0.3 is 9.47 Å². The number of benzene rings is 1. The van der Waals surface area contributed by atoms with E-state index in [1.54, 1.807) is 24.5 Å². The van der Waals surface area contributed by atoms with Gasteiger partial charge in [-0.25, -0.2) is 0 Å². The summed E-state index contributed by atoms with van der Waals surface area (Å²) < 4.78 is 12.1. The minimum absolute atomic E-state index is 0.509. The molecule has 4 nitrogen and oxygen atoms in total. The molecule has 110 valence electrons. The Morgan fingerprint density at radius 1 is 1.24 bits per heavy atom. The lowest BCUT2D eigenvalue weighted by molar-refractivity contribution is 0.112. The molecule has 5 heteroatoms. The van der Waals surface area contributed by atoms with Crippen molar-refractivity contribution >= 4 is 22.2 Å². The molecule has 0 fully saturated rings. The summed E-state index contributed by atoms with van der Waals surface area (Å²) in [5.41, 5.74) is 1.70. The maximum atomic E-state index is 10.9. The first-order chi connectivity index (χ1) is 10.2. The van der Waals surface area contributed by atoms with Crippen LogP contribution < -0.4 is 9.47 Å². The van der Waals surface area contributed by atoms with Crippen molar-refractivity contribution in [3.05, 3.63) is 52.3 Å². The second kappa shape index (κ2) is 7.78. The lowest BCUT2D eigenvalue weighted by Gasteiger charge is -2.14. The molecule has 0 spiro atoms. The number of hydrogen-bond donors (Lipinski definition) is 0. The predicted octanol–water partition coefficient (Wildman–Crippen LogP) is 3.68. The summed E-state index contributed by atoms with van der Waals surface area (Å²) in [7, 11) is 0. The fourth-order valence-electron chi connectivity index (χ4n) is 1.88. The summed E-state index contributed by atoms with van der Waals surface area (Å²) in [5.74, 6) is 1.19. The van der Waals surface area contributed by atoms with Gasteiger partial charge in [-0.3, -0.25) is 9.78 Å². The molecule has 1 aromatic carbocycles. The lowest BCUT2D eigenvalue weighted by Crippen LogP contribution is -2.05. The standard InChI is InChI=1S/C16H16BrNO3/c1-2-20-15-10-13(11-19)9-14(17)16(15)21-8-5-12-3-6-18-7-4-12/h3-4,6-7,9-11H,2,5,8H2,1H3. The first-order valence-electron chi connectivity index (χ1n) is 6.67. The van der Waals surface area contributed by atoms with Crippen LogP contribution >= 0.6 is 15.9 Å². The molecule has 0 bridgehead atoms. The topological polar surface area (TPSA) is 48.4 Å². The highest BCUT2D eigenvalue weighted by Gasteiger charge is 2.12. The van der Waals surface area contributed by atoms with E-state index in [1.807, 2.05) is 19.1 Å². The van der Waals surface area contributed by atoms with Crippen LogP contribution in [0.25, 0.3) is 0 Å². The third-order valence-electron chi connectivity index (χ3n) is 2.85. The summed E-state index contributed by atoms with van der Waals surface area (Å²) >= 11 is 3.42. The number of nitrogens with zero attached hydrogens (tertiary/aromatic N) is 1. The molecule has 0 aliphatic rings. The van der Waals surface area contributed by atoms with Crippen molar-refractivity contribution in [3.63, 3.8) is 0 Å². The van der Waals surface area contributed by atoms with Crippen LogP contribution in [0.3, 0.4) is 0 Å². The Morgan fingerprint density at radius 3 is 2.67 bits per heavy atom. The number of aldehydes is 1. The molecule has 2 aromatic rings. The van der Waals surface area contributed by atoms with E-state index in [0.717, 1.165) is 18.3 Å². The maximum Gasteiger partial charge on any atom is 0.175 e. The average Bonchev–Trinajstić information content (AvgIpc) is 2.51. The zero-order chi connectivity index (χ0) is 15.1. The van der Waals surface area contributed by atoms with E-state index in [9.17, 15) is 4.79 Å². The predicted molar refractivity (Wildman–Crippen MR) is 84.1 cm³/mol. The van der Waals surface area contributed by atoms with Gasteiger partial charge in [-0.05, 0) is 52.7 Å². The molecule has 0 aliphatic carbocycles. The first kappa shape index (κ1) is 15.5. The molecule has 0 saturated carbocycles. The molecule has 1 heterocycles. The van der Waals surface area contributed by atoms with E-state index in [0.29, 0.717) is 34.7 Å². The van der Waals surface area contributed by atoms with Crippen molar-refractivity contribution in [1.29, 1.82) is 0 Å². The molecule has 0 N–H and O–H groups in total. The molecular weight excluding hydrogens is 334 g/mol. The van der Waals surface area contributed by atoms with E-state index >= 15 is 0 Å². The van der Waals surface area contributed by atoms with Crippen molar-refractivity contribution in [3.8, 4) is 11.5 Å². The van der Waals surface area contributed by atoms with Gasteiger partial charge in [0.15, 0.2) is 11.5 Å². The molecule has 0 radical (unpaired) electrons. The van der Waals surface area contributed by atoms with Crippen LogP contribution in [0.4, 0.5) is 0 Å². The molecule has 1 aromatic heterocycles. The Hall–Kier alpha value is -1.88. The fraction of sp³-hybridized carbons (Fsp3) is 0.250. The van der Waals surface area contributed by atoms with Gasteiger partial charge in [0.05, 0.1) is 17.7 Å². The Kier molecular flexibility index (Phi) is 5.75. The smallest absolute Gasteiger partial charge is 0.175 e. The van der Waals surface area contributed by atoms with Gasteiger partial charge in [-0.2, -0.15) is 0 Å². The number of hydrogen-bond acceptors (Lipinski definition) is 4. The zero-order valence-electron chi connectivity index (χ0n) is 11.7. The lowest BCUT2D eigenvalue weighted by atomic mass is 10.2. The van der Waals surface area contributed by atoms with Gasteiger partial charge in [0.25, 0.3) is 0 Å². The number of halogens is 1. The molecule has 21 heavy (non-hydrogen) atoms. The fourth-order valence-corrected chi connectivity index (χ4v) is 2.45. The van der Waals surface area contributed by atoms with E-state index in [1.165, 1.54) is 0 Å². The minimum atomic E-state index is 0.509. The van der Waals surface area contributed by atoms with Crippen LogP contribution in [0.2, 0.25) is 0 Å². The van der Waals surface area contributed by atoms with E-state index in [-0.39, 0.29) is 0 Å². The molecule has 0 unspecified atom stereocenters. The van der Waals surface area contributed by atoms with Crippen molar-refractivity contribution < 1.29 is 14.3 Å². The maximum absolute atomic E-state index is 10.9. The molecule has 0 amide bonds. The van der Waals surface area contributed by atoms with Crippen LogP contribution in [-0.4, -0.2) is 24.5 Å². The van der Waals surface area contributed by atoms with Crippen LogP contribution in [0.15, 0.2) is 41.1 Å². The van der Waals surface area contributed by atoms with Gasteiger partial charge in [0.1, 0.15) is 6.29 Å². The zero-order valence-corrected chi connectivity index (χ0v) is 13.3. The first-order valence-corrected chi connectivity index (χ1v) is 7.47. The summed E-state index contributed by atoms with van der Waals surface area (Å²) in [4.78, 5) is 14.9. The van der Waals surface area contributed by atoms with Crippen molar-refractivity contribution in [2.24, 2.45) is 0 Å². The van der Waals surface area contributed by atoms with Crippen LogP contribution in [0.1, 0.15) is 22.8 Å². The largest absolute Gasteiger partial charge is 0.490 e. The van der Waals surface area contributed by atoms with Crippen molar-refractivity contribution in [1.82, 2.24) is 4.98 Å². The van der Waals surface area contributed by atoms with Crippen LogP contribution in [0, 0.1) is 0 Å². The average molecular weight is 350 g/mol. The number of ether oxygens (including phenoxy) is 2. The summed E-state index contributed by atoms with van der Waals surface area (Å²) in [6.07, 6.45) is 5.08. The highest BCUT2D eigenvalue weighted by Crippen LogP contribution is 2.36. The Bertz CT molecular complexity index is 602. The summed E-state index contributed by atoms with van der Waals surface area (Å²) in [6.45, 7) is 2.92. The van der Waals surface area contributed by atoms with Crippen LogP contribution in [0.5, 0.6) is 11.5 Å².